The van der Waals surface area contributed by atoms with Crippen molar-refractivity contribution in [2.24, 2.45) is 0 Å². The topological polar surface area (TPSA) is 26.2 Å². The van der Waals surface area contributed by atoms with Crippen molar-refractivity contribution >= 4 is 93.4 Å². The second-order valence-electron chi connectivity index (χ2n) is 17.7. The van der Waals surface area contributed by atoms with E-state index in [4.69, 9.17) is 4.42 Å². The number of aromatic nitrogens is 2. The van der Waals surface area contributed by atoms with E-state index in [0.717, 1.165) is 67.1 Å². The van der Waals surface area contributed by atoms with E-state index in [1.165, 1.54) is 59.9 Å². The molecule has 4 heteroatoms. The van der Waals surface area contributed by atoms with Crippen LogP contribution in [0.1, 0.15) is 0 Å². The third-order valence-corrected chi connectivity index (χ3v) is 13.9. The molecule has 318 valence electrons. The summed E-state index contributed by atoms with van der Waals surface area (Å²) in [7, 11) is 0. The third-order valence-electron chi connectivity index (χ3n) is 13.9. The molecule has 0 radical (unpaired) electrons. The monoisotopic (exact) mass is 867 g/mol. The van der Waals surface area contributed by atoms with Crippen LogP contribution in [-0.4, -0.2) is 9.13 Å². The molecule has 0 amide bonds. The Hall–Kier alpha value is -9.12. The van der Waals surface area contributed by atoms with Gasteiger partial charge in [0.25, 0.3) is 0 Å². The van der Waals surface area contributed by atoms with Gasteiger partial charge in [0.15, 0.2) is 0 Å². The van der Waals surface area contributed by atoms with Gasteiger partial charge >= 0.3 is 0 Å². The smallest absolute Gasteiger partial charge is 0.136 e. The highest BCUT2D eigenvalue weighted by atomic mass is 16.3. The number of fused-ring (bicyclic) bond motifs is 10. The molecular formula is C64H41N3O. The van der Waals surface area contributed by atoms with E-state index in [0.29, 0.717) is 0 Å². The minimum Gasteiger partial charge on any atom is -0.456 e. The number of hydrogen-bond acceptors (Lipinski definition) is 2. The predicted molar refractivity (Wildman–Crippen MR) is 285 cm³/mol. The summed E-state index contributed by atoms with van der Waals surface area (Å²) >= 11 is 0. The molecule has 0 aliphatic heterocycles. The first-order valence-electron chi connectivity index (χ1n) is 23.2. The van der Waals surface area contributed by atoms with Gasteiger partial charge in [0.05, 0.1) is 33.4 Å². The fourth-order valence-electron chi connectivity index (χ4n) is 10.8. The predicted octanol–water partition coefficient (Wildman–Crippen LogP) is 17.7. The van der Waals surface area contributed by atoms with Crippen molar-refractivity contribution in [3.05, 3.63) is 249 Å². The Morgan fingerprint density at radius 1 is 0.309 bits per heavy atom. The van der Waals surface area contributed by atoms with Crippen molar-refractivity contribution in [2.45, 2.75) is 0 Å². The maximum Gasteiger partial charge on any atom is 0.136 e. The third kappa shape index (κ3) is 5.94. The summed E-state index contributed by atoms with van der Waals surface area (Å²) in [5.41, 5.74) is 16.6. The van der Waals surface area contributed by atoms with E-state index < -0.39 is 0 Å². The molecule has 0 atom stereocenters. The average molecular weight is 868 g/mol. The molecule has 0 N–H and O–H groups in total. The molecule has 68 heavy (non-hydrogen) atoms. The van der Waals surface area contributed by atoms with Gasteiger partial charge in [0.1, 0.15) is 11.2 Å². The van der Waals surface area contributed by atoms with E-state index in [-0.39, 0.29) is 0 Å². The van der Waals surface area contributed by atoms with E-state index in [9.17, 15) is 0 Å². The normalized spacial score (nSPS) is 11.8. The summed E-state index contributed by atoms with van der Waals surface area (Å²) < 4.78 is 11.3. The lowest BCUT2D eigenvalue weighted by Gasteiger charge is -2.28. The van der Waals surface area contributed by atoms with E-state index in [2.05, 4.69) is 263 Å². The minimum absolute atomic E-state index is 0.880. The van der Waals surface area contributed by atoms with Crippen LogP contribution < -0.4 is 4.90 Å². The zero-order valence-electron chi connectivity index (χ0n) is 36.9. The maximum atomic E-state index is 6.47. The summed E-state index contributed by atoms with van der Waals surface area (Å²) in [6.07, 6.45) is 0. The molecule has 11 aromatic carbocycles. The Morgan fingerprint density at radius 2 is 0.779 bits per heavy atom. The fraction of sp³-hybridized carbons (Fsp3) is 0. The first-order chi connectivity index (χ1) is 33.7. The van der Waals surface area contributed by atoms with Crippen molar-refractivity contribution < 1.29 is 4.42 Å². The zero-order chi connectivity index (χ0) is 44.7. The zero-order valence-corrected chi connectivity index (χ0v) is 36.9. The Morgan fingerprint density at radius 3 is 1.41 bits per heavy atom. The summed E-state index contributed by atoms with van der Waals surface area (Å²) in [6, 6.07) is 90.0. The number of para-hydroxylation sites is 6. The van der Waals surface area contributed by atoms with Crippen LogP contribution in [0.15, 0.2) is 253 Å². The number of hydrogen-bond donors (Lipinski definition) is 0. The Bertz CT molecular complexity index is 4160. The quantitative estimate of drug-likeness (QED) is 0.160. The van der Waals surface area contributed by atoms with Crippen LogP contribution in [0.5, 0.6) is 0 Å². The molecule has 0 aliphatic rings. The molecule has 3 heterocycles. The number of nitrogens with zero attached hydrogens (tertiary/aromatic N) is 3. The molecular weight excluding hydrogens is 827 g/mol. The van der Waals surface area contributed by atoms with Gasteiger partial charge in [0.2, 0.25) is 0 Å². The van der Waals surface area contributed by atoms with Gasteiger partial charge in [-0.2, -0.15) is 0 Å². The SMILES string of the molecule is c1ccc(N(c2ccc(-c3ccccc3-n3c4ccccc4c4ccccc43)cc2)c2ccc(-n3c4ccccc4c4ccccc43)cc2)c(-c2ccc3oc4cc5ccccc5cc4c3c2)c1. The standard InChI is InChI=1S/C64H41N3O/c1-2-16-44-41-64-56(39-43(44)15-1)55-40-45(31-38-63(55)68-64)50-18-4-9-23-57(50)65(47-34-36-48(37-35-47)66-59-25-11-5-19-51(59)52-20-6-12-26-60(52)66)46-32-29-42(30-33-46)49-17-3-10-24-58(49)67-61-27-13-7-21-53(61)54-22-8-14-28-62(54)67/h1-41H. The molecule has 3 aromatic heterocycles. The fourth-order valence-corrected chi connectivity index (χ4v) is 10.8. The molecule has 0 unspecified atom stereocenters. The van der Waals surface area contributed by atoms with Crippen LogP contribution in [0, 0.1) is 0 Å². The Labute approximate surface area is 392 Å². The molecule has 0 bridgehead atoms. The second kappa shape index (κ2) is 15.2. The lowest BCUT2D eigenvalue weighted by molar-refractivity contribution is 0.669. The molecule has 0 fully saturated rings. The summed E-state index contributed by atoms with van der Waals surface area (Å²) in [4.78, 5) is 2.40. The molecule has 14 rings (SSSR count). The number of benzene rings is 11. The average Bonchev–Trinajstić information content (AvgIpc) is 4.06. The van der Waals surface area contributed by atoms with Crippen LogP contribution in [0.4, 0.5) is 17.1 Å². The first kappa shape index (κ1) is 38.2. The summed E-state index contributed by atoms with van der Waals surface area (Å²) in [5, 5.41) is 9.59. The van der Waals surface area contributed by atoms with E-state index in [1.807, 2.05) is 0 Å². The summed E-state index contributed by atoms with van der Waals surface area (Å²) in [6.45, 7) is 0. The lowest BCUT2D eigenvalue weighted by Crippen LogP contribution is -2.11. The van der Waals surface area contributed by atoms with Gasteiger partial charge in [-0.15, -0.1) is 0 Å². The van der Waals surface area contributed by atoms with Gasteiger partial charge in [-0.05, 0) is 119 Å². The second-order valence-corrected chi connectivity index (χ2v) is 17.7. The molecule has 0 saturated heterocycles. The van der Waals surface area contributed by atoms with Crippen molar-refractivity contribution in [1.29, 1.82) is 0 Å². The van der Waals surface area contributed by atoms with Gasteiger partial charge in [-0.1, -0.05) is 152 Å². The molecule has 4 nitrogen and oxygen atoms in total. The number of rotatable bonds is 7. The minimum atomic E-state index is 0.880. The number of furan rings is 1. The van der Waals surface area contributed by atoms with Crippen LogP contribution in [-0.2, 0) is 0 Å². The van der Waals surface area contributed by atoms with Crippen LogP contribution in [0.25, 0.3) is 110 Å². The van der Waals surface area contributed by atoms with Crippen LogP contribution in [0.3, 0.4) is 0 Å². The number of anilines is 3. The van der Waals surface area contributed by atoms with Crippen LogP contribution >= 0.6 is 0 Å². The Kier molecular flexibility index (Phi) is 8.55. The van der Waals surface area contributed by atoms with Crippen LogP contribution in [0.2, 0.25) is 0 Å². The summed E-state index contributed by atoms with van der Waals surface area (Å²) in [5.74, 6) is 0. The highest BCUT2D eigenvalue weighted by Gasteiger charge is 2.21. The largest absolute Gasteiger partial charge is 0.456 e. The van der Waals surface area contributed by atoms with Gasteiger partial charge in [-0.3, -0.25) is 0 Å². The van der Waals surface area contributed by atoms with E-state index >= 15 is 0 Å². The van der Waals surface area contributed by atoms with Crippen molar-refractivity contribution in [3.8, 4) is 33.6 Å². The van der Waals surface area contributed by atoms with E-state index in [1.54, 1.807) is 0 Å². The van der Waals surface area contributed by atoms with Crippen molar-refractivity contribution in [3.63, 3.8) is 0 Å². The highest BCUT2D eigenvalue weighted by molar-refractivity contribution is 6.12. The Balaban J connectivity index is 0.927. The lowest BCUT2D eigenvalue weighted by atomic mass is 9.98. The van der Waals surface area contributed by atoms with Gasteiger partial charge in [-0.25, -0.2) is 0 Å². The molecule has 14 aromatic rings. The highest BCUT2D eigenvalue weighted by Crippen LogP contribution is 2.44. The molecule has 0 aliphatic carbocycles. The molecule has 0 spiro atoms. The maximum absolute atomic E-state index is 6.47. The van der Waals surface area contributed by atoms with Crippen molar-refractivity contribution in [2.75, 3.05) is 4.90 Å². The molecule has 0 saturated carbocycles. The van der Waals surface area contributed by atoms with Gasteiger partial charge in [0, 0.05) is 60.5 Å². The van der Waals surface area contributed by atoms with Gasteiger partial charge < -0.3 is 18.5 Å². The van der Waals surface area contributed by atoms with Crippen molar-refractivity contribution in [1.82, 2.24) is 9.13 Å². The first-order valence-corrected chi connectivity index (χ1v) is 23.2.